The van der Waals surface area contributed by atoms with E-state index in [-0.39, 0.29) is 21.0 Å². The molecule has 5 nitrogen and oxygen atoms in total. The van der Waals surface area contributed by atoms with Crippen LogP contribution in [0.3, 0.4) is 0 Å². The first kappa shape index (κ1) is 17.9. The molecule has 0 fully saturated rings. The summed E-state index contributed by atoms with van der Waals surface area (Å²) in [6.45, 7) is 5.86. The second-order valence-electron chi connectivity index (χ2n) is 5.39. The number of halogens is 1. The summed E-state index contributed by atoms with van der Waals surface area (Å²) >= 11 is 5.86. The molecule has 118 valence electrons. The number of carboxylic acids is 1. The van der Waals surface area contributed by atoms with Crippen molar-refractivity contribution in [1.82, 2.24) is 4.31 Å². The summed E-state index contributed by atoms with van der Waals surface area (Å²) in [5.74, 6) is -0.825. The van der Waals surface area contributed by atoms with Crippen LogP contribution in [0.1, 0.15) is 36.2 Å². The summed E-state index contributed by atoms with van der Waals surface area (Å²) in [6.07, 6.45) is 0.723. The minimum atomic E-state index is -3.76. The number of nitrogens with zero attached hydrogens (tertiary/aromatic N) is 1. The van der Waals surface area contributed by atoms with Gasteiger partial charge in [-0.2, -0.15) is 0 Å². The van der Waals surface area contributed by atoms with Crippen molar-refractivity contribution in [3.8, 4) is 0 Å². The Morgan fingerprint density at radius 2 is 1.95 bits per heavy atom. The molecule has 0 bridgehead atoms. The topological polar surface area (TPSA) is 74.7 Å². The largest absolute Gasteiger partial charge is 0.478 e. The van der Waals surface area contributed by atoms with Gasteiger partial charge in [0.2, 0.25) is 10.0 Å². The third-order valence-electron chi connectivity index (χ3n) is 3.26. The van der Waals surface area contributed by atoms with Gasteiger partial charge in [0, 0.05) is 18.6 Å². The van der Waals surface area contributed by atoms with Gasteiger partial charge in [-0.05, 0) is 37.0 Å². The molecule has 0 amide bonds. The molecule has 0 saturated heterocycles. The second-order valence-corrected chi connectivity index (χ2v) is 7.84. The summed E-state index contributed by atoms with van der Waals surface area (Å²) in [5.41, 5.74) is 0.0987. The lowest BCUT2D eigenvalue weighted by molar-refractivity contribution is 0.0696. The number of sulfonamides is 1. The quantitative estimate of drug-likeness (QED) is 0.868. The van der Waals surface area contributed by atoms with Crippen LogP contribution in [0.15, 0.2) is 17.0 Å². The molecule has 21 heavy (non-hydrogen) atoms. The van der Waals surface area contributed by atoms with Gasteiger partial charge in [-0.3, -0.25) is 0 Å². The van der Waals surface area contributed by atoms with Crippen molar-refractivity contribution in [2.75, 3.05) is 13.6 Å². The van der Waals surface area contributed by atoms with Gasteiger partial charge < -0.3 is 5.11 Å². The molecule has 0 aromatic heterocycles. The zero-order chi connectivity index (χ0) is 16.4. The molecule has 1 aromatic rings. The molecule has 0 aliphatic rings. The van der Waals surface area contributed by atoms with Crippen LogP contribution >= 0.6 is 11.6 Å². The number of rotatable bonds is 6. The van der Waals surface area contributed by atoms with Crippen LogP contribution in [0.4, 0.5) is 0 Å². The van der Waals surface area contributed by atoms with Crippen LogP contribution in [-0.2, 0) is 10.0 Å². The van der Waals surface area contributed by atoms with Crippen molar-refractivity contribution in [1.29, 1.82) is 0 Å². The lowest BCUT2D eigenvalue weighted by Gasteiger charge is -2.20. The minimum absolute atomic E-state index is 0.0568. The monoisotopic (exact) mass is 333 g/mol. The number of hydrogen-bond donors (Lipinski definition) is 1. The fourth-order valence-electron chi connectivity index (χ4n) is 1.87. The first-order valence-electron chi connectivity index (χ1n) is 6.57. The summed E-state index contributed by atoms with van der Waals surface area (Å²) in [7, 11) is -2.27. The van der Waals surface area contributed by atoms with E-state index in [0.29, 0.717) is 12.5 Å². The van der Waals surface area contributed by atoms with E-state index in [1.165, 1.54) is 30.4 Å². The molecular weight excluding hydrogens is 314 g/mol. The smallest absolute Gasteiger partial charge is 0.336 e. The van der Waals surface area contributed by atoms with Gasteiger partial charge in [0.25, 0.3) is 0 Å². The third kappa shape index (κ3) is 4.18. The van der Waals surface area contributed by atoms with Crippen LogP contribution in [-0.4, -0.2) is 37.4 Å². The van der Waals surface area contributed by atoms with Crippen molar-refractivity contribution in [2.45, 2.75) is 32.1 Å². The molecule has 0 radical (unpaired) electrons. The highest BCUT2D eigenvalue weighted by Crippen LogP contribution is 2.27. The Kier molecular flexibility index (Phi) is 5.78. The van der Waals surface area contributed by atoms with Crippen molar-refractivity contribution in [3.05, 3.63) is 28.3 Å². The zero-order valence-corrected chi connectivity index (χ0v) is 14.1. The zero-order valence-electron chi connectivity index (χ0n) is 12.6. The Morgan fingerprint density at radius 3 is 2.43 bits per heavy atom. The molecule has 1 aromatic carbocycles. The SMILES string of the molecule is Cc1c(C(=O)O)cc(Cl)cc1S(=O)(=O)N(C)CCC(C)C. The van der Waals surface area contributed by atoms with Gasteiger partial charge in [-0.15, -0.1) is 0 Å². The van der Waals surface area contributed by atoms with Crippen molar-refractivity contribution < 1.29 is 18.3 Å². The molecule has 1 rings (SSSR count). The summed E-state index contributed by atoms with van der Waals surface area (Å²) in [6, 6.07) is 2.55. The van der Waals surface area contributed by atoms with Crippen LogP contribution in [0.2, 0.25) is 5.02 Å². The third-order valence-corrected chi connectivity index (χ3v) is 5.47. The average Bonchev–Trinajstić information content (AvgIpc) is 2.37. The van der Waals surface area contributed by atoms with Gasteiger partial charge >= 0.3 is 5.97 Å². The maximum Gasteiger partial charge on any atom is 0.336 e. The molecule has 0 atom stereocenters. The standard InChI is InChI=1S/C14H20ClNO4S/c1-9(2)5-6-16(4)21(19,20)13-8-11(15)7-12(10(13)3)14(17)18/h7-9H,5-6H2,1-4H3,(H,17,18). The number of hydrogen-bond acceptors (Lipinski definition) is 3. The van der Waals surface area contributed by atoms with E-state index in [0.717, 1.165) is 6.42 Å². The minimum Gasteiger partial charge on any atom is -0.478 e. The van der Waals surface area contributed by atoms with Gasteiger partial charge in [0.05, 0.1) is 10.5 Å². The van der Waals surface area contributed by atoms with E-state index in [9.17, 15) is 13.2 Å². The normalized spacial score (nSPS) is 12.1. The Labute approximate surface area is 130 Å². The molecule has 1 N–H and O–H groups in total. The lowest BCUT2D eigenvalue weighted by Crippen LogP contribution is -2.29. The van der Waals surface area contributed by atoms with Gasteiger partial charge in [-0.1, -0.05) is 25.4 Å². The molecule has 0 aliphatic heterocycles. The van der Waals surface area contributed by atoms with Crippen LogP contribution in [0.5, 0.6) is 0 Å². The first-order valence-corrected chi connectivity index (χ1v) is 8.39. The maximum atomic E-state index is 12.6. The van der Waals surface area contributed by atoms with E-state index >= 15 is 0 Å². The van der Waals surface area contributed by atoms with Crippen LogP contribution in [0.25, 0.3) is 0 Å². The highest BCUT2D eigenvalue weighted by Gasteiger charge is 2.26. The fraction of sp³-hybridized carbons (Fsp3) is 0.500. The lowest BCUT2D eigenvalue weighted by atomic mass is 10.1. The predicted octanol–water partition coefficient (Wildman–Crippen LogP) is 3.01. The summed E-state index contributed by atoms with van der Waals surface area (Å²) < 4.78 is 26.4. The molecular formula is C14H20ClNO4S. The number of benzene rings is 1. The van der Waals surface area contributed by atoms with Crippen LogP contribution < -0.4 is 0 Å². The van der Waals surface area contributed by atoms with E-state index < -0.39 is 16.0 Å². The number of carboxylic acid groups (broad SMARTS) is 1. The molecule has 7 heteroatoms. The highest BCUT2D eigenvalue weighted by atomic mass is 35.5. The Balaban J connectivity index is 3.28. The second kappa shape index (κ2) is 6.77. The number of aromatic carboxylic acids is 1. The van der Waals surface area contributed by atoms with Gasteiger partial charge in [-0.25, -0.2) is 17.5 Å². The fourth-order valence-corrected chi connectivity index (χ4v) is 3.61. The number of carbonyl (C=O) groups is 1. The van der Waals surface area contributed by atoms with E-state index in [2.05, 4.69) is 0 Å². The Bertz CT molecular complexity index is 641. The molecule has 0 saturated carbocycles. The predicted molar refractivity (Wildman–Crippen MR) is 82.4 cm³/mol. The van der Waals surface area contributed by atoms with Gasteiger partial charge in [0.15, 0.2) is 0 Å². The van der Waals surface area contributed by atoms with E-state index in [1.54, 1.807) is 0 Å². The Hall–Kier alpha value is -1.11. The van der Waals surface area contributed by atoms with Gasteiger partial charge in [0.1, 0.15) is 0 Å². The van der Waals surface area contributed by atoms with Crippen molar-refractivity contribution in [2.24, 2.45) is 5.92 Å². The molecule has 0 spiro atoms. The van der Waals surface area contributed by atoms with Crippen molar-refractivity contribution in [3.63, 3.8) is 0 Å². The summed E-state index contributed by atoms with van der Waals surface area (Å²) in [5, 5.41) is 9.22. The molecule has 0 heterocycles. The Morgan fingerprint density at radius 1 is 1.38 bits per heavy atom. The van der Waals surface area contributed by atoms with E-state index in [1.807, 2.05) is 13.8 Å². The average molecular weight is 334 g/mol. The van der Waals surface area contributed by atoms with Crippen LogP contribution in [0, 0.1) is 12.8 Å². The van der Waals surface area contributed by atoms with E-state index in [4.69, 9.17) is 16.7 Å². The van der Waals surface area contributed by atoms with Crippen molar-refractivity contribution >= 4 is 27.6 Å². The highest BCUT2D eigenvalue weighted by molar-refractivity contribution is 7.89. The first-order chi connectivity index (χ1) is 9.57. The molecule has 0 unspecified atom stereocenters. The maximum absolute atomic E-state index is 12.6. The summed E-state index contributed by atoms with van der Waals surface area (Å²) in [4.78, 5) is 11.1. The molecule has 0 aliphatic carbocycles.